The minimum absolute atomic E-state index is 0.0102. The van der Waals surface area contributed by atoms with Crippen molar-refractivity contribution in [1.82, 2.24) is 5.32 Å². The second kappa shape index (κ2) is 5.74. The highest BCUT2D eigenvalue weighted by Crippen LogP contribution is 2.49. The number of carbonyl (C=O) groups excluding carboxylic acids is 1. The van der Waals surface area contributed by atoms with Gasteiger partial charge in [-0.05, 0) is 37.8 Å². The summed E-state index contributed by atoms with van der Waals surface area (Å²) in [4.78, 5) is 12.2. The first-order valence-corrected chi connectivity index (χ1v) is 7.61. The van der Waals surface area contributed by atoms with Crippen molar-refractivity contribution in [3.05, 3.63) is 34.9 Å². The van der Waals surface area contributed by atoms with Crippen LogP contribution in [0.3, 0.4) is 0 Å². The molecular weight excluding hydrogens is 272 g/mol. The molecule has 0 bridgehead atoms. The Kier molecular flexibility index (Phi) is 4.40. The third-order valence-electron chi connectivity index (χ3n) is 4.17. The summed E-state index contributed by atoms with van der Waals surface area (Å²) in [5.74, 6) is -0.0716. The molecule has 0 saturated heterocycles. The van der Waals surface area contributed by atoms with Crippen LogP contribution in [0.25, 0.3) is 0 Å². The minimum Gasteiger partial charge on any atom is -0.354 e. The molecular formula is C16H23ClN2O. The van der Waals surface area contributed by atoms with Gasteiger partial charge < -0.3 is 11.1 Å². The van der Waals surface area contributed by atoms with E-state index in [0.717, 1.165) is 29.8 Å². The second-order valence-corrected chi connectivity index (χ2v) is 6.52. The molecule has 3 N–H and O–H groups in total. The van der Waals surface area contributed by atoms with Crippen LogP contribution in [0.4, 0.5) is 0 Å². The maximum Gasteiger partial charge on any atom is 0.239 e. The van der Waals surface area contributed by atoms with E-state index in [0.29, 0.717) is 13.0 Å². The fourth-order valence-electron chi connectivity index (χ4n) is 2.67. The van der Waals surface area contributed by atoms with Gasteiger partial charge in [0.05, 0.1) is 5.54 Å². The summed E-state index contributed by atoms with van der Waals surface area (Å²) in [6.07, 6.45) is 3.71. The SMILES string of the molecule is CCCC(C)(N)C(=O)NCC1(c2ccccc2Cl)CC1. The van der Waals surface area contributed by atoms with E-state index >= 15 is 0 Å². The highest BCUT2D eigenvalue weighted by molar-refractivity contribution is 6.31. The van der Waals surface area contributed by atoms with Gasteiger partial charge in [0.15, 0.2) is 0 Å². The van der Waals surface area contributed by atoms with Gasteiger partial charge in [-0.1, -0.05) is 43.1 Å². The lowest BCUT2D eigenvalue weighted by Gasteiger charge is -2.25. The maximum absolute atomic E-state index is 12.2. The standard InChI is InChI=1S/C16H23ClN2O/c1-3-8-15(2,18)14(20)19-11-16(9-10-16)12-6-4-5-7-13(12)17/h4-7H,3,8-11,18H2,1-2H3,(H,19,20). The lowest BCUT2D eigenvalue weighted by Crippen LogP contribution is -2.52. The smallest absolute Gasteiger partial charge is 0.239 e. The number of nitrogens with two attached hydrogens (primary N) is 1. The molecule has 1 unspecified atom stereocenters. The zero-order valence-electron chi connectivity index (χ0n) is 12.2. The van der Waals surface area contributed by atoms with Crippen molar-refractivity contribution in [3.63, 3.8) is 0 Å². The average Bonchev–Trinajstić information content (AvgIpc) is 3.17. The predicted octanol–water partition coefficient (Wildman–Crippen LogP) is 3.01. The zero-order valence-corrected chi connectivity index (χ0v) is 13.0. The molecule has 1 fully saturated rings. The zero-order chi connectivity index (χ0) is 14.8. The molecule has 1 aromatic carbocycles. The third kappa shape index (κ3) is 3.15. The molecule has 1 aliphatic carbocycles. The summed E-state index contributed by atoms with van der Waals surface area (Å²) in [6.45, 7) is 4.44. The molecule has 4 heteroatoms. The lowest BCUT2D eigenvalue weighted by atomic mass is 9.93. The van der Waals surface area contributed by atoms with Gasteiger partial charge in [0.25, 0.3) is 0 Å². The van der Waals surface area contributed by atoms with Gasteiger partial charge in [0.2, 0.25) is 5.91 Å². The summed E-state index contributed by atoms with van der Waals surface area (Å²) < 4.78 is 0. The summed E-state index contributed by atoms with van der Waals surface area (Å²) in [5.41, 5.74) is 6.41. The van der Waals surface area contributed by atoms with Crippen LogP contribution in [0.15, 0.2) is 24.3 Å². The van der Waals surface area contributed by atoms with Crippen LogP contribution in [0.5, 0.6) is 0 Å². The Hall–Kier alpha value is -1.06. The molecule has 1 saturated carbocycles. The number of hydrogen-bond acceptors (Lipinski definition) is 2. The predicted molar refractivity (Wildman–Crippen MR) is 82.9 cm³/mol. The fraction of sp³-hybridized carbons (Fsp3) is 0.562. The van der Waals surface area contributed by atoms with Gasteiger partial charge in [0.1, 0.15) is 0 Å². The van der Waals surface area contributed by atoms with Crippen LogP contribution < -0.4 is 11.1 Å². The second-order valence-electron chi connectivity index (χ2n) is 6.11. The molecule has 2 rings (SSSR count). The van der Waals surface area contributed by atoms with Gasteiger partial charge in [-0.2, -0.15) is 0 Å². The summed E-state index contributed by atoms with van der Waals surface area (Å²) in [6, 6.07) is 7.88. The van der Waals surface area contributed by atoms with Crippen molar-refractivity contribution < 1.29 is 4.79 Å². The Morgan fingerprint density at radius 3 is 2.65 bits per heavy atom. The van der Waals surface area contributed by atoms with Crippen LogP contribution in [0.2, 0.25) is 5.02 Å². The molecule has 0 aliphatic heterocycles. The Labute approximate surface area is 125 Å². The van der Waals surface area contributed by atoms with E-state index in [1.54, 1.807) is 6.92 Å². The van der Waals surface area contributed by atoms with Crippen molar-refractivity contribution in [3.8, 4) is 0 Å². The van der Waals surface area contributed by atoms with E-state index in [-0.39, 0.29) is 11.3 Å². The van der Waals surface area contributed by atoms with E-state index in [9.17, 15) is 4.79 Å². The summed E-state index contributed by atoms with van der Waals surface area (Å²) in [5, 5.41) is 3.79. The van der Waals surface area contributed by atoms with E-state index in [4.69, 9.17) is 17.3 Å². The highest BCUT2D eigenvalue weighted by atomic mass is 35.5. The molecule has 0 heterocycles. The van der Waals surface area contributed by atoms with Crippen molar-refractivity contribution in [1.29, 1.82) is 0 Å². The quantitative estimate of drug-likeness (QED) is 0.847. The molecule has 1 aliphatic rings. The van der Waals surface area contributed by atoms with Crippen molar-refractivity contribution in [2.75, 3.05) is 6.54 Å². The van der Waals surface area contributed by atoms with E-state index in [2.05, 4.69) is 11.4 Å². The number of carbonyl (C=O) groups is 1. The molecule has 20 heavy (non-hydrogen) atoms. The number of halogens is 1. The minimum atomic E-state index is -0.786. The first-order valence-electron chi connectivity index (χ1n) is 7.23. The molecule has 0 spiro atoms. The molecule has 110 valence electrons. The molecule has 1 atom stereocenters. The summed E-state index contributed by atoms with van der Waals surface area (Å²) in [7, 11) is 0. The average molecular weight is 295 g/mol. The molecule has 3 nitrogen and oxygen atoms in total. The maximum atomic E-state index is 12.2. The van der Waals surface area contributed by atoms with Gasteiger partial charge in [0, 0.05) is 17.0 Å². The Balaban J connectivity index is 2.01. The monoisotopic (exact) mass is 294 g/mol. The number of amides is 1. The van der Waals surface area contributed by atoms with Crippen molar-refractivity contribution in [2.24, 2.45) is 5.73 Å². The van der Waals surface area contributed by atoms with Crippen LogP contribution >= 0.6 is 11.6 Å². The van der Waals surface area contributed by atoms with Crippen LogP contribution in [0, 0.1) is 0 Å². The largest absolute Gasteiger partial charge is 0.354 e. The molecule has 0 radical (unpaired) electrons. The molecule has 0 aromatic heterocycles. The summed E-state index contributed by atoms with van der Waals surface area (Å²) >= 11 is 6.27. The third-order valence-corrected chi connectivity index (χ3v) is 4.50. The Morgan fingerprint density at radius 1 is 1.45 bits per heavy atom. The molecule has 1 amide bonds. The van der Waals surface area contributed by atoms with E-state index in [1.165, 1.54) is 0 Å². The van der Waals surface area contributed by atoms with E-state index < -0.39 is 5.54 Å². The van der Waals surface area contributed by atoms with Gasteiger partial charge in [-0.25, -0.2) is 0 Å². The Bertz CT molecular complexity index is 495. The number of hydrogen-bond donors (Lipinski definition) is 2. The Morgan fingerprint density at radius 2 is 2.10 bits per heavy atom. The van der Waals surface area contributed by atoms with Crippen molar-refractivity contribution >= 4 is 17.5 Å². The van der Waals surface area contributed by atoms with Gasteiger partial charge in [-0.15, -0.1) is 0 Å². The first kappa shape index (κ1) is 15.3. The normalized spacial score (nSPS) is 19.2. The van der Waals surface area contributed by atoms with Crippen molar-refractivity contribution in [2.45, 2.75) is 50.5 Å². The topological polar surface area (TPSA) is 55.1 Å². The van der Waals surface area contributed by atoms with Crippen LogP contribution in [-0.2, 0) is 10.2 Å². The van der Waals surface area contributed by atoms with Crippen LogP contribution in [-0.4, -0.2) is 18.0 Å². The van der Waals surface area contributed by atoms with Gasteiger partial charge >= 0.3 is 0 Å². The van der Waals surface area contributed by atoms with Gasteiger partial charge in [-0.3, -0.25) is 4.79 Å². The lowest BCUT2D eigenvalue weighted by molar-refractivity contribution is -0.126. The van der Waals surface area contributed by atoms with Crippen LogP contribution in [0.1, 0.15) is 45.1 Å². The number of benzene rings is 1. The first-order chi connectivity index (χ1) is 9.41. The number of nitrogens with one attached hydrogen (secondary N) is 1. The fourth-order valence-corrected chi connectivity index (χ4v) is 3.00. The number of rotatable bonds is 6. The molecule has 1 aromatic rings. The van der Waals surface area contributed by atoms with E-state index in [1.807, 2.05) is 25.1 Å². The highest BCUT2D eigenvalue weighted by Gasteiger charge is 2.46.